The summed E-state index contributed by atoms with van der Waals surface area (Å²) in [6.45, 7) is 5.95. The fourth-order valence-corrected chi connectivity index (χ4v) is 3.71. The van der Waals surface area contributed by atoms with Gasteiger partial charge >= 0.3 is 12.1 Å². The van der Waals surface area contributed by atoms with E-state index in [1.165, 1.54) is 4.90 Å². The fourth-order valence-electron chi connectivity index (χ4n) is 3.71. The third kappa shape index (κ3) is 5.89. The molecule has 2 atom stereocenters. The highest BCUT2D eigenvalue weighted by atomic mass is 16.7. The average molecular weight is 468 g/mol. The van der Waals surface area contributed by atoms with Crippen LogP contribution in [0.2, 0.25) is 0 Å². The number of nitrogens with zero attached hydrogens (tertiary/aromatic N) is 4. The molecule has 0 aliphatic carbocycles. The lowest BCUT2D eigenvalue weighted by molar-refractivity contribution is -0.154. The molecule has 2 heterocycles. The zero-order valence-corrected chi connectivity index (χ0v) is 19.5. The van der Waals surface area contributed by atoms with Crippen LogP contribution in [0.5, 0.6) is 0 Å². The minimum Gasteiger partial charge on any atom is -0.444 e. The molecule has 10 nitrogen and oxygen atoms in total. The van der Waals surface area contributed by atoms with E-state index in [0.29, 0.717) is 30.5 Å². The third-order valence-electron chi connectivity index (χ3n) is 5.31. The molecule has 0 bridgehead atoms. The minimum atomic E-state index is -0.829. The second-order valence-electron chi connectivity index (χ2n) is 9.18. The number of aromatic nitrogens is 3. The van der Waals surface area contributed by atoms with Crippen molar-refractivity contribution in [3.63, 3.8) is 0 Å². The van der Waals surface area contributed by atoms with Crippen LogP contribution in [0, 0.1) is 0 Å². The van der Waals surface area contributed by atoms with Gasteiger partial charge in [-0.2, -0.15) is 5.48 Å². The quantitative estimate of drug-likeness (QED) is 0.436. The number of rotatable bonds is 6. The maximum absolute atomic E-state index is 13.1. The van der Waals surface area contributed by atoms with Crippen LogP contribution in [0.4, 0.5) is 4.79 Å². The number of benzene rings is 2. The van der Waals surface area contributed by atoms with Gasteiger partial charge in [-0.05, 0) is 56.5 Å². The van der Waals surface area contributed by atoms with Crippen molar-refractivity contribution < 1.29 is 24.0 Å². The van der Waals surface area contributed by atoms with Gasteiger partial charge in [-0.3, -0.25) is 9.74 Å². The SMILES string of the molecule is CC(C)(C)OC(=O)N1C[C@H](NOCc2ccccc2)CC[C@H]1C(=O)On1nnc2ccccc21. The minimum absolute atomic E-state index is 0.174. The number of nitrogens with one attached hydrogen (secondary N) is 1. The smallest absolute Gasteiger partial charge is 0.411 e. The Morgan fingerprint density at radius 1 is 1.06 bits per heavy atom. The molecule has 34 heavy (non-hydrogen) atoms. The Balaban J connectivity index is 1.43. The van der Waals surface area contributed by atoms with Gasteiger partial charge in [0, 0.05) is 6.54 Å². The molecular formula is C24H29N5O5. The second-order valence-corrected chi connectivity index (χ2v) is 9.18. The van der Waals surface area contributed by atoms with Crippen LogP contribution < -0.4 is 10.3 Å². The van der Waals surface area contributed by atoms with E-state index in [0.717, 1.165) is 10.4 Å². The Kier molecular flexibility index (Phi) is 7.09. The number of hydrogen-bond donors (Lipinski definition) is 1. The number of hydrogen-bond acceptors (Lipinski definition) is 8. The predicted molar refractivity (Wildman–Crippen MR) is 123 cm³/mol. The summed E-state index contributed by atoms with van der Waals surface area (Å²) in [5.41, 5.74) is 4.49. The van der Waals surface area contributed by atoms with Gasteiger partial charge in [0.2, 0.25) is 0 Å². The Morgan fingerprint density at radius 3 is 2.56 bits per heavy atom. The van der Waals surface area contributed by atoms with Crippen LogP contribution in [0.1, 0.15) is 39.2 Å². The highest BCUT2D eigenvalue weighted by Crippen LogP contribution is 2.22. The number of carbonyl (C=O) groups is 2. The van der Waals surface area contributed by atoms with Gasteiger partial charge in [0.05, 0.1) is 12.6 Å². The molecule has 1 aliphatic heterocycles. The van der Waals surface area contributed by atoms with E-state index in [4.69, 9.17) is 14.4 Å². The van der Waals surface area contributed by atoms with Crippen LogP contribution >= 0.6 is 0 Å². The number of para-hydroxylation sites is 1. The van der Waals surface area contributed by atoms with E-state index in [9.17, 15) is 9.59 Å². The molecule has 10 heteroatoms. The molecule has 1 saturated heterocycles. The summed E-state index contributed by atoms with van der Waals surface area (Å²) < 4.78 is 5.56. The summed E-state index contributed by atoms with van der Waals surface area (Å²) in [6, 6.07) is 15.9. The van der Waals surface area contributed by atoms with Gasteiger partial charge in [0.15, 0.2) is 0 Å². The summed E-state index contributed by atoms with van der Waals surface area (Å²) in [7, 11) is 0. The van der Waals surface area contributed by atoms with Crippen molar-refractivity contribution in [1.82, 2.24) is 25.5 Å². The zero-order chi connectivity index (χ0) is 24.1. The molecule has 1 aromatic heterocycles. The van der Waals surface area contributed by atoms with E-state index in [2.05, 4.69) is 15.8 Å². The largest absolute Gasteiger partial charge is 0.444 e. The Morgan fingerprint density at radius 2 is 1.79 bits per heavy atom. The lowest BCUT2D eigenvalue weighted by atomic mass is 9.99. The molecule has 1 aliphatic rings. The van der Waals surface area contributed by atoms with Crippen LogP contribution in [-0.2, 0) is 21.0 Å². The van der Waals surface area contributed by atoms with E-state index in [1.54, 1.807) is 39.0 Å². The van der Waals surface area contributed by atoms with Crippen molar-refractivity contribution in [2.24, 2.45) is 0 Å². The first-order valence-electron chi connectivity index (χ1n) is 11.2. The van der Waals surface area contributed by atoms with Crippen LogP contribution in [-0.4, -0.2) is 56.3 Å². The molecule has 1 fully saturated rings. The molecule has 1 N–H and O–H groups in total. The van der Waals surface area contributed by atoms with Gasteiger partial charge < -0.3 is 9.57 Å². The van der Waals surface area contributed by atoms with E-state index >= 15 is 0 Å². The standard InChI is InChI=1S/C24H29N5O5/c1-24(2,3)33-23(31)28-15-18(26-32-16-17-9-5-4-6-10-17)13-14-21(28)22(30)34-29-20-12-8-7-11-19(20)25-27-29/h4-12,18,21,26H,13-16H2,1-3H3/t18-,21+/m1/s1. The van der Waals surface area contributed by atoms with Crippen molar-refractivity contribution in [3.8, 4) is 0 Å². The third-order valence-corrected chi connectivity index (χ3v) is 5.31. The molecule has 0 spiro atoms. The summed E-state index contributed by atoms with van der Waals surface area (Å²) in [5, 5.41) is 7.89. The highest BCUT2D eigenvalue weighted by molar-refractivity contribution is 5.83. The van der Waals surface area contributed by atoms with Crippen molar-refractivity contribution in [2.75, 3.05) is 6.54 Å². The van der Waals surface area contributed by atoms with Gasteiger partial charge in [0.1, 0.15) is 22.7 Å². The molecular weight excluding hydrogens is 438 g/mol. The Bertz CT molecular complexity index is 1130. The number of fused-ring (bicyclic) bond motifs is 1. The first-order valence-corrected chi connectivity index (χ1v) is 11.2. The average Bonchev–Trinajstić information content (AvgIpc) is 3.21. The van der Waals surface area contributed by atoms with Crippen LogP contribution in [0.15, 0.2) is 54.6 Å². The van der Waals surface area contributed by atoms with Gasteiger partial charge in [-0.15, -0.1) is 5.10 Å². The zero-order valence-electron chi connectivity index (χ0n) is 19.5. The molecule has 1 amide bonds. The molecule has 3 aromatic rings. The molecule has 0 unspecified atom stereocenters. The van der Waals surface area contributed by atoms with Crippen molar-refractivity contribution in [2.45, 2.75) is 57.9 Å². The highest BCUT2D eigenvalue weighted by Gasteiger charge is 2.40. The monoisotopic (exact) mass is 467 g/mol. The summed E-state index contributed by atoms with van der Waals surface area (Å²) in [4.78, 5) is 39.7. The molecule has 4 rings (SSSR count). The Labute approximate surface area is 197 Å². The predicted octanol–water partition coefficient (Wildman–Crippen LogP) is 2.88. The van der Waals surface area contributed by atoms with Crippen molar-refractivity contribution >= 4 is 23.1 Å². The maximum Gasteiger partial charge on any atom is 0.411 e. The fraction of sp³-hybridized carbons (Fsp3) is 0.417. The van der Waals surface area contributed by atoms with Gasteiger partial charge in [0.25, 0.3) is 0 Å². The maximum atomic E-state index is 13.1. The first-order chi connectivity index (χ1) is 16.3. The van der Waals surface area contributed by atoms with Crippen molar-refractivity contribution in [3.05, 3.63) is 60.2 Å². The van der Waals surface area contributed by atoms with Crippen LogP contribution in [0.3, 0.4) is 0 Å². The number of piperidine rings is 1. The lowest BCUT2D eigenvalue weighted by Gasteiger charge is -2.38. The lowest BCUT2D eigenvalue weighted by Crippen LogP contribution is -2.57. The molecule has 0 radical (unpaired) electrons. The molecule has 180 valence electrons. The number of likely N-dealkylation sites (tertiary alicyclic amines) is 1. The number of ether oxygens (including phenoxy) is 1. The molecule has 0 saturated carbocycles. The number of carbonyl (C=O) groups excluding carboxylic acids is 2. The summed E-state index contributed by atoms with van der Waals surface area (Å²) in [5.74, 6) is -0.606. The number of hydroxylamine groups is 1. The normalized spacial score (nSPS) is 18.6. The Hall–Kier alpha value is -3.50. The molecule has 2 aromatic carbocycles. The van der Waals surface area contributed by atoms with Crippen LogP contribution in [0.25, 0.3) is 11.0 Å². The first kappa shape index (κ1) is 23.7. The topological polar surface area (TPSA) is 108 Å². The van der Waals surface area contributed by atoms with E-state index in [1.807, 2.05) is 36.4 Å². The van der Waals surface area contributed by atoms with Crippen molar-refractivity contribution in [1.29, 1.82) is 0 Å². The van der Waals surface area contributed by atoms with Gasteiger partial charge in [-0.25, -0.2) is 9.59 Å². The summed E-state index contributed by atoms with van der Waals surface area (Å²) >= 11 is 0. The van der Waals surface area contributed by atoms with E-state index < -0.39 is 23.7 Å². The van der Waals surface area contributed by atoms with E-state index in [-0.39, 0.29) is 12.6 Å². The second kappa shape index (κ2) is 10.2. The van der Waals surface area contributed by atoms with Gasteiger partial charge in [-0.1, -0.05) is 47.3 Å². The number of amides is 1. The summed E-state index contributed by atoms with van der Waals surface area (Å²) in [6.07, 6.45) is 0.385.